The first kappa shape index (κ1) is 15.2. The van der Waals surface area contributed by atoms with Gasteiger partial charge in [0.2, 0.25) is 0 Å². The molecule has 0 bridgehead atoms. The molecule has 0 amide bonds. The quantitative estimate of drug-likeness (QED) is 0.664. The van der Waals surface area contributed by atoms with E-state index in [2.05, 4.69) is 19.1 Å². The number of nitrogens with two attached hydrogens (primary N) is 1. The number of nitrogens with zero attached hydrogens (tertiary/aromatic N) is 1. The van der Waals surface area contributed by atoms with Gasteiger partial charge in [0.15, 0.2) is 0 Å². The number of aryl methyl sites for hydroxylation is 1. The topological polar surface area (TPSA) is 69.2 Å². The molecule has 4 nitrogen and oxygen atoms in total. The minimum absolute atomic E-state index is 0.0916. The minimum atomic E-state index is -0.376. The normalized spacial score (nSPS) is 13.7. The zero-order chi connectivity index (χ0) is 15.4. The van der Waals surface area contributed by atoms with E-state index in [-0.39, 0.29) is 22.6 Å². The zero-order valence-corrected chi connectivity index (χ0v) is 12.3. The maximum absolute atomic E-state index is 11.0. The lowest BCUT2D eigenvalue weighted by Gasteiger charge is -2.24. The van der Waals surface area contributed by atoms with Gasteiger partial charge in [0.25, 0.3) is 5.69 Å². The molecule has 0 aliphatic heterocycles. The molecular formula is C17H20N2O2. The Morgan fingerprint density at radius 2 is 1.86 bits per heavy atom. The van der Waals surface area contributed by atoms with E-state index in [0.29, 0.717) is 0 Å². The van der Waals surface area contributed by atoms with Crippen LogP contribution >= 0.6 is 0 Å². The number of nitro benzene ring substituents is 1. The smallest absolute Gasteiger partial charge is 0.269 e. The summed E-state index contributed by atoms with van der Waals surface area (Å²) in [6, 6.07) is 14.7. The second-order valence-corrected chi connectivity index (χ2v) is 5.25. The van der Waals surface area contributed by atoms with Gasteiger partial charge in [-0.25, -0.2) is 0 Å². The Morgan fingerprint density at radius 1 is 1.19 bits per heavy atom. The molecule has 0 fully saturated rings. The largest absolute Gasteiger partial charge is 0.323 e. The molecule has 0 aromatic heterocycles. The Kier molecular flexibility index (Phi) is 4.70. The van der Waals surface area contributed by atoms with Gasteiger partial charge in [-0.1, -0.05) is 43.3 Å². The summed E-state index contributed by atoms with van der Waals surface area (Å²) >= 11 is 0. The molecule has 0 aliphatic carbocycles. The van der Waals surface area contributed by atoms with Crippen molar-refractivity contribution in [2.75, 3.05) is 0 Å². The average Bonchev–Trinajstić information content (AvgIpc) is 2.49. The summed E-state index contributed by atoms with van der Waals surface area (Å²) in [6.45, 7) is 4.03. The van der Waals surface area contributed by atoms with Gasteiger partial charge >= 0.3 is 0 Å². The molecule has 2 aromatic carbocycles. The molecule has 0 radical (unpaired) electrons. The molecule has 2 atom stereocenters. The predicted molar refractivity (Wildman–Crippen MR) is 84.2 cm³/mol. The first-order valence-corrected chi connectivity index (χ1v) is 7.10. The van der Waals surface area contributed by atoms with Crippen LogP contribution < -0.4 is 5.73 Å². The third-order valence-electron chi connectivity index (χ3n) is 3.93. The van der Waals surface area contributed by atoms with E-state index in [0.717, 1.165) is 17.5 Å². The molecule has 21 heavy (non-hydrogen) atoms. The number of hydrogen-bond acceptors (Lipinski definition) is 3. The molecule has 0 saturated heterocycles. The summed E-state index contributed by atoms with van der Waals surface area (Å²) in [5, 5.41) is 11.0. The van der Waals surface area contributed by atoms with Gasteiger partial charge in [-0.3, -0.25) is 10.1 Å². The van der Waals surface area contributed by atoms with Gasteiger partial charge in [-0.05, 0) is 30.0 Å². The van der Waals surface area contributed by atoms with Crippen LogP contribution in [0.2, 0.25) is 0 Å². The number of benzene rings is 2. The highest BCUT2D eigenvalue weighted by Crippen LogP contribution is 2.34. The molecule has 0 saturated carbocycles. The van der Waals surface area contributed by atoms with E-state index >= 15 is 0 Å². The van der Waals surface area contributed by atoms with Gasteiger partial charge < -0.3 is 5.73 Å². The Hall–Kier alpha value is -2.20. The van der Waals surface area contributed by atoms with E-state index < -0.39 is 0 Å². The lowest BCUT2D eigenvalue weighted by molar-refractivity contribution is -0.384. The van der Waals surface area contributed by atoms with Crippen molar-refractivity contribution in [2.45, 2.75) is 32.2 Å². The van der Waals surface area contributed by atoms with Crippen LogP contribution in [0.3, 0.4) is 0 Å². The minimum Gasteiger partial charge on any atom is -0.323 e. The number of nitro groups is 1. The third-order valence-corrected chi connectivity index (χ3v) is 3.93. The highest BCUT2D eigenvalue weighted by Gasteiger charge is 2.22. The number of non-ortho nitro benzene ring substituents is 1. The van der Waals surface area contributed by atoms with Crippen molar-refractivity contribution >= 4 is 5.69 Å². The summed E-state index contributed by atoms with van der Waals surface area (Å²) in [6.07, 6.45) is 0.882. The second-order valence-electron chi connectivity index (χ2n) is 5.25. The van der Waals surface area contributed by atoms with Crippen LogP contribution in [-0.2, 0) is 0 Å². The Balaban J connectivity index is 2.40. The molecule has 0 aliphatic rings. The van der Waals surface area contributed by atoms with Crippen LogP contribution in [0.25, 0.3) is 0 Å². The second kappa shape index (κ2) is 6.50. The van der Waals surface area contributed by atoms with E-state index in [9.17, 15) is 10.1 Å². The highest BCUT2D eigenvalue weighted by molar-refractivity contribution is 5.42. The molecule has 2 rings (SSSR count). The first-order valence-electron chi connectivity index (χ1n) is 7.10. The van der Waals surface area contributed by atoms with Crippen molar-refractivity contribution in [1.29, 1.82) is 0 Å². The van der Waals surface area contributed by atoms with E-state index in [1.807, 2.05) is 25.1 Å². The third kappa shape index (κ3) is 3.28. The Labute approximate surface area is 124 Å². The van der Waals surface area contributed by atoms with Gasteiger partial charge in [0, 0.05) is 24.1 Å². The maximum atomic E-state index is 11.0. The van der Waals surface area contributed by atoms with Crippen molar-refractivity contribution in [1.82, 2.24) is 0 Å². The summed E-state index contributed by atoms with van der Waals surface area (Å²) in [5.74, 6) is 0.145. The summed E-state index contributed by atoms with van der Waals surface area (Å²) < 4.78 is 0. The van der Waals surface area contributed by atoms with Crippen molar-refractivity contribution in [3.05, 3.63) is 75.3 Å². The van der Waals surface area contributed by atoms with Crippen LogP contribution in [0.15, 0.2) is 48.5 Å². The van der Waals surface area contributed by atoms with E-state index in [4.69, 9.17) is 5.73 Å². The summed E-state index contributed by atoms with van der Waals surface area (Å²) in [5.41, 5.74) is 9.52. The van der Waals surface area contributed by atoms with E-state index in [1.165, 1.54) is 11.6 Å². The van der Waals surface area contributed by atoms with Gasteiger partial charge in [0.1, 0.15) is 0 Å². The highest BCUT2D eigenvalue weighted by atomic mass is 16.6. The fraction of sp³-hybridized carbons (Fsp3) is 0.294. The van der Waals surface area contributed by atoms with Crippen LogP contribution in [0, 0.1) is 17.0 Å². The first-order chi connectivity index (χ1) is 10.0. The Morgan fingerprint density at radius 3 is 2.43 bits per heavy atom. The van der Waals surface area contributed by atoms with Gasteiger partial charge in [-0.2, -0.15) is 0 Å². The molecule has 0 heterocycles. The monoisotopic (exact) mass is 284 g/mol. The summed E-state index contributed by atoms with van der Waals surface area (Å²) in [7, 11) is 0. The van der Waals surface area contributed by atoms with Gasteiger partial charge in [-0.15, -0.1) is 0 Å². The van der Waals surface area contributed by atoms with Crippen molar-refractivity contribution in [2.24, 2.45) is 5.73 Å². The zero-order valence-electron chi connectivity index (χ0n) is 12.3. The lowest BCUT2D eigenvalue weighted by atomic mass is 9.84. The molecule has 0 spiro atoms. The summed E-state index contributed by atoms with van der Waals surface area (Å²) in [4.78, 5) is 10.6. The molecule has 4 heteroatoms. The standard InChI is InChI=1S/C17H20N2O2/c1-3-15(13-7-5-4-6-8-13)17(18)16-11-14(19(20)21)10-9-12(16)2/h4-11,15,17H,3,18H2,1-2H3. The molecule has 2 N–H and O–H groups in total. The molecule has 2 aromatic rings. The SMILES string of the molecule is CCC(c1ccccc1)C(N)c1cc([N+](=O)[O-])ccc1C. The fourth-order valence-corrected chi connectivity index (χ4v) is 2.71. The fourth-order valence-electron chi connectivity index (χ4n) is 2.71. The lowest BCUT2D eigenvalue weighted by Crippen LogP contribution is -2.20. The van der Waals surface area contributed by atoms with Crippen LogP contribution in [0.4, 0.5) is 5.69 Å². The van der Waals surface area contributed by atoms with Crippen LogP contribution in [0.5, 0.6) is 0 Å². The van der Waals surface area contributed by atoms with E-state index in [1.54, 1.807) is 12.1 Å². The van der Waals surface area contributed by atoms with Crippen LogP contribution in [-0.4, -0.2) is 4.92 Å². The number of hydrogen-bond donors (Lipinski definition) is 1. The molecule has 110 valence electrons. The molecule has 2 unspecified atom stereocenters. The van der Waals surface area contributed by atoms with Crippen molar-refractivity contribution in [3.63, 3.8) is 0 Å². The van der Waals surface area contributed by atoms with Crippen molar-refractivity contribution in [3.8, 4) is 0 Å². The average molecular weight is 284 g/mol. The Bertz CT molecular complexity index is 626. The number of rotatable bonds is 5. The maximum Gasteiger partial charge on any atom is 0.269 e. The van der Waals surface area contributed by atoms with Crippen LogP contribution in [0.1, 0.15) is 42.0 Å². The molecular weight excluding hydrogens is 264 g/mol. The van der Waals surface area contributed by atoms with Crippen molar-refractivity contribution < 1.29 is 4.92 Å². The van der Waals surface area contributed by atoms with Gasteiger partial charge in [0.05, 0.1) is 4.92 Å². The predicted octanol–water partition coefficient (Wildman–Crippen LogP) is 4.10.